The van der Waals surface area contributed by atoms with Gasteiger partial charge in [0.25, 0.3) is 0 Å². The molecular weight excluding hydrogens is 238 g/mol. The number of hydrogen-bond acceptors (Lipinski definition) is 3. The third-order valence-electron chi connectivity index (χ3n) is 4.98. The van der Waals surface area contributed by atoms with Gasteiger partial charge in [-0.05, 0) is 33.1 Å². The molecule has 2 rings (SSSR count). The van der Waals surface area contributed by atoms with Gasteiger partial charge in [0.15, 0.2) is 0 Å². The van der Waals surface area contributed by atoms with E-state index in [-0.39, 0.29) is 17.6 Å². The molecule has 110 valence electrons. The summed E-state index contributed by atoms with van der Waals surface area (Å²) in [6, 6.07) is 0.599. The van der Waals surface area contributed by atoms with Crippen molar-refractivity contribution in [3.8, 4) is 0 Å². The lowest BCUT2D eigenvalue weighted by molar-refractivity contribution is -0.182. The van der Waals surface area contributed by atoms with Crippen LogP contribution < -0.4 is 0 Å². The molecule has 2 fully saturated rings. The Morgan fingerprint density at radius 3 is 2.53 bits per heavy atom. The highest BCUT2D eigenvalue weighted by Crippen LogP contribution is 2.39. The van der Waals surface area contributed by atoms with E-state index in [9.17, 15) is 4.79 Å². The van der Waals surface area contributed by atoms with E-state index in [1.54, 1.807) is 0 Å². The van der Waals surface area contributed by atoms with Crippen molar-refractivity contribution in [3.63, 3.8) is 0 Å². The number of rotatable bonds is 3. The van der Waals surface area contributed by atoms with E-state index < -0.39 is 0 Å². The molecule has 0 saturated carbocycles. The fraction of sp³-hybridized carbons (Fsp3) is 0.938. The quantitative estimate of drug-likeness (QED) is 0.787. The van der Waals surface area contributed by atoms with Crippen molar-refractivity contribution in [2.24, 2.45) is 5.92 Å². The van der Waals surface area contributed by atoms with E-state index in [4.69, 9.17) is 4.74 Å². The summed E-state index contributed by atoms with van der Waals surface area (Å²) < 4.78 is 6.42. The molecule has 0 aliphatic carbocycles. The highest BCUT2D eigenvalue weighted by atomic mass is 16.5. The first kappa shape index (κ1) is 15.0. The molecular formula is C16H29NO2. The zero-order valence-corrected chi connectivity index (χ0v) is 12.9. The summed E-state index contributed by atoms with van der Waals surface area (Å²) >= 11 is 0. The Hall–Kier alpha value is -0.410. The Kier molecular flexibility index (Phi) is 4.67. The second-order valence-corrected chi connectivity index (χ2v) is 6.69. The van der Waals surface area contributed by atoms with Gasteiger partial charge in [0, 0.05) is 31.5 Å². The topological polar surface area (TPSA) is 29.5 Å². The first-order chi connectivity index (χ1) is 8.97. The summed E-state index contributed by atoms with van der Waals surface area (Å²) in [6.45, 7) is 10.8. The molecule has 3 nitrogen and oxygen atoms in total. The van der Waals surface area contributed by atoms with Crippen LogP contribution in [0.15, 0.2) is 0 Å². The Balaban J connectivity index is 2.02. The standard InChI is InChI=1S/C16H29NO2/c1-5-6-15-13(4)14(18)11-16(19-15)7-9-17(10-8-16)12(2)3/h12-13,15H,5-11H2,1-4H3. The van der Waals surface area contributed by atoms with Gasteiger partial charge in [-0.3, -0.25) is 4.79 Å². The molecule has 2 atom stereocenters. The first-order valence-electron chi connectivity index (χ1n) is 7.92. The molecule has 0 aromatic carbocycles. The van der Waals surface area contributed by atoms with Gasteiger partial charge in [-0.15, -0.1) is 0 Å². The average Bonchev–Trinajstić information content (AvgIpc) is 2.36. The van der Waals surface area contributed by atoms with E-state index in [0.29, 0.717) is 18.2 Å². The summed E-state index contributed by atoms with van der Waals surface area (Å²) in [6.07, 6.45) is 4.93. The number of ether oxygens (including phenoxy) is 1. The van der Waals surface area contributed by atoms with Crippen molar-refractivity contribution in [2.45, 2.75) is 77.5 Å². The number of ketones is 1. The van der Waals surface area contributed by atoms with Gasteiger partial charge in [0.05, 0.1) is 11.7 Å². The van der Waals surface area contributed by atoms with E-state index in [0.717, 1.165) is 38.8 Å². The van der Waals surface area contributed by atoms with E-state index in [1.807, 2.05) is 6.92 Å². The molecule has 2 saturated heterocycles. The molecule has 2 aliphatic heterocycles. The predicted octanol–water partition coefficient (Wildman–Crippen LogP) is 3.02. The number of carbonyl (C=O) groups is 1. The van der Waals surface area contributed by atoms with Crippen LogP contribution >= 0.6 is 0 Å². The summed E-state index contributed by atoms with van der Waals surface area (Å²) in [5, 5.41) is 0. The van der Waals surface area contributed by atoms with Crippen LogP contribution in [0, 0.1) is 5.92 Å². The summed E-state index contributed by atoms with van der Waals surface area (Å²) in [5.41, 5.74) is -0.144. The molecule has 2 heterocycles. The Morgan fingerprint density at radius 2 is 2.00 bits per heavy atom. The first-order valence-corrected chi connectivity index (χ1v) is 7.92. The fourth-order valence-electron chi connectivity index (χ4n) is 3.49. The van der Waals surface area contributed by atoms with Crippen molar-refractivity contribution in [3.05, 3.63) is 0 Å². The van der Waals surface area contributed by atoms with E-state index in [2.05, 4.69) is 25.7 Å². The highest BCUT2D eigenvalue weighted by Gasteiger charge is 2.46. The van der Waals surface area contributed by atoms with Crippen LogP contribution in [-0.4, -0.2) is 41.5 Å². The van der Waals surface area contributed by atoms with Crippen LogP contribution in [0.2, 0.25) is 0 Å². The Bertz CT molecular complexity index is 319. The number of likely N-dealkylation sites (tertiary alicyclic amines) is 1. The van der Waals surface area contributed by atoms with Crippen LogP contribution in [0.1, 0.15) is 59.8 Å². The number of carbonyl (C=O) groups excluding carboxylic acids is 1. The third kappa shape index (κ3) is 3.19. The van der Waals surface area contributed by atoms with Gasteiger partial charge >= 0.3 is 0 Å². The SMILES string of the molecule is CCCC1OC2(CCN(C(C)C)CC2)CC(=O)C1C. The number of nitrogens with zero attached hydrogens (tertiary/aromatic N) is 1. The Morgan fingerprint density at radius 1 is 1.37 bits per heavy atom. The van der Waals surface area contributed by atoms with Crippen LogP contribution in [0.5, 0.6) is 0 Å². The second-order valence-electron chi connectivity index (χ2n) is 6.69. The van der Waals surface area contributed by atoms with Crippen LogP contribution in [0.3, 0.4) is 0 Å². The van der Waals surface area contributed by atoms with Gasteiger partial charge in [-0.1, -0.05) is 20.3 Å². The predicted molar refractivity (Wildman–Crippen MR) is 77.2 cm³/mol. The van der Waals surface area contributed by atoms with Gasteiger partial charge < -0.3 is 9.64 Å². The summed E-state index contributed by atoms with van der Waals surface area (Å²) in [4.78, 5) is 14.8. The minimum Gasteiger partial charge on any atom is -0.370 e. The minimum absolute atomic E-state index is 0.0914. The minimum atomic E-state index is -0.144. The maximum Gasteiger partial charge on any atom is 0.141 e. The number of Topliss-reactive ketones (excluding diaryl/α,β-unsaturated/α-hetero) is 1. The van der Waals surface area contributed by atoms with E-state index >= 15 is 0 Å². The Labute approximate surface area is 117 Å². The van der Waals surface area contributed by atoms with Crippen molar-refractivity contribution in [1.29, 1.82) is 0 Å². The molecule has 2 unspecified atom stereocenters. The average molecular weight is 267 g/mol. The number of piperidine rings is 1. The van der Waals surface area contributed by atoms with Gasteiger partial charge in [0.2, 0.25) is 0 Å². The smallest absolute Gasteiger partial charge is 0.141 e. The number of hydrogen-bond donors (Lipinski definition) is 0. The van der Waals surface area contributed by atoms with Gasteiger partial charge in [0.1, 0.15) is 5.78 Å². The largest absolute Gasteiger partial charge is 0.370 e. The van der Waals surface area contributed by atoms with Gasteiger partial charge in [-0.2, -0.15) is 0 Å². The zero-order chi connectivity index (χ0) is 14.0. The van der Waals surface area contributed by atoms with Crippen molar-refractivity contribution < 1.29 is 9.53 Å². The highest BCUT2D eigenvalue weighted by molar-refractivity contribution is 5.83. The lowest BCUT2D eigenvalue weighted by Crippen LogP contribution is -2.55. The molecule has 3 heteroatoms. The maximum atomic E-state index is 12.3. The molecule has 0 bridgehead atoms. The maximum absolute atomic E-state index is 12.3. The summed E-state index contributed by atoms with van der Waals surface area (Å²) in [5.74, 6) is 0.511. The molecule has 1 spiro atoms. The van der Waals surface area contributed by atoms with E-state index in [1.165, 1.54) is 0 Å². The zero-order valence-electron chi connectivity index (χ0n) is 12.9. The summed E-state index contributed by atoms with van der Waals surface area (Å²) in [7, 11) is 0. The van der Waals surface area contributed by atoms with Crippen molar-refractivity contribution >= 4 is 5.78 Å². The van der Waals surface area contributed by atoms with Crippen molar-refractivity contribution in [2.75, 3.05) is 13.1 Å². The van der Waals surface area contributed by atoms with Crippen LogP contribution in [0.4, 0.5) is 0 Å². The van der Waals surface area contributed by atoms with Crippen molar-refractivity contribution in [1.82, 2.24) is 4.90 Å². The molecule has 0 radical (unpaired) electrons. The molecule has 0 aromatic rings. The lowest BCUT2D eigenvalue weighted by atomic mass is 9.78. The molecule has 0 amide bonds. The second kappa shape index (κ2) is 5.92. The monoisotopic (exact) mass is 267 g/mol. The molecule has 19 heavy (non-hydrogen) atoms. The molecule has 0 aromatic heterocycles. The van der Waals surface area contributed by atoms with Crippen LogP contribution in [-0.2, 0) is 9.53 Å². The molecule has 0 N–H and O–H groups in total. The normalized spacial score (nSPS) is 32.2. The third-order valence-corrected chi connectivity index (χ3v) is 4.98. The fourth-order valence-corrected chi connectivity index (χ4v) is 3.49. The molecule has 2 aliphatic rings. The van der Waals surface area contributed by atoms with Gasteiger partial charge in [-0.25, -0.2) is 0 Å². The van der Waals surface area contributed by atoms with Crippen LogP contribution in [0.25, 0.3) is 0 Å². The lowest BCUT2D eigenvalue weighted by Gasteiger charge is -2.48.